The summed E-state index contributed by atoms with van der Waals surface area (Å²) in [6, 6.07) is 0. The van der Waals surface area contributed by atoms with Gasteiger partial charge in [-0.15, -0.1) is 0 Å². The van der Waals surface area contributed by atoms with Crippen molar-refractivity contribution in [2.24, 2.45) is 35.5 Å². The quantitative estimate of drug-likeness (QED) is 0.537. The predicted octanol–water partition coefficient (Wildman–Crippen LogP) is 4.91. The van der Waals surface area contributed by atoms with Gasteiger partial charge in [0.2, 0.25) is 0 Å². The number of rotatable bonds is 0. The van der Waals surface area contributed by atoms with Crippen LogP contribution < -0.4 is 0 Å². The van der Waals surface area contributed by atoms with Gasteiger partial charge in [0.05, 0.1) is 0 Å². The number of allylic oxidation sites excluding steroid dienone is 8. The van der Waals surface area contributed by atoms with E-state index in [1.807, 2.05) is 0 Å². The molecule has 0 amide bonds. The average molecular weight is 252 g/mol. The molecule has 4 bridgehead atoms. The van der Waals surface area contributed by atoms with Gasteiger partial charge < -0.3 is 0 Å². The smallest absolute Gasteiger partial charge is 0.00174 e. The second-order valence-electron chi connectivity index (χ2n) is 6.91. The lowest BCUT2D eigenvalue weighted by molar-refractivity contribution is 0.398. The summed E-state index contributed by atoms with van der Waals surface area (Å²) >= 11 is 0. The fraction of sp³-hybridized carbons (Fsp3) is 0.579. The van der Waals surface area contributed by atoms with Gasteiger partial charge in [-0.05, 0) is 68.1 Å². The van der Waals surface area contributed by atoms with Crippen LogP contribution in [0.4, 0.5) is 0 Å². The van der Waals surface area contributed by atoms with E-state index in [4.69, 9.17) is 0 Å². The Morgan fingerprint density at radius 3 is 2.53 bits per heavy atom. The summed E-state index contributed by atoms with van der Waals surface area (Å²) in [6.45, 7) is 2.16. The van der Waals surface area contributed by atoms with Crippen LogP contribution in [0.3, 0.4) is 0 Å². The normalized spacial score (nSPS) is 49.0. The van der Waals surface area contributed by atoms with Crippen LogP contribution in [0, 0.1) is 35.5 Å². The van der Waals surface area contributed by atoms with Crippen molar-refractivity contribution in [3.63, 3.8) is 0 Å². The largest absolute Gasteiger partial charge is 0.0879 e. The van der Waals surface area contributed by atoms with E-state index in [2.05, 4.69) is 49.5 Å². The molecular formula is C19H24. The Hall–Kier alpha value is -1.04. The second-order valence-corrected chi connectivity index (χ2v) is 6.91. The Morgan fingerprint density at radius 1 is 1.00 bits per heavy atom. The van der Waals surface area contributed by atoms with E-state index in [-0.39, 0.29) is 0 Å². The summed E-state index contributed by atoms with van der Waals surface area (Å²) in [6.07, 6.45) is 22.3. The lowest BCUT2D eigenvalue weighted by atomic mass is 9.86. The zero-order valence-corrected chi connectivity index (χ0v) is 11.8. The summed E-state index contributed by atoms with van der Waals surface area (Å²) < 4.78 is 0. The van der Waals surface area contributed by atoms with Crippen molar-refractivity contribution in [2.45, 2.75) is 32.6 Å². The summed E-state index contributed by atoms with van der Waals surface area (Å²) in [5.74, 6) is 5.56. The van der Waals surface area contributed by atoms with E-state index in [9.17, 15) is 0 Å². The fourth-order valence-corrected chi connectivity index (χ4v) is 4.96. The Kier molecular flexibility index (Phi) is 2.79. The van der Waals surface area contributed by atoms with Crippen LogP contribution in [0.5, 0.6) is 0 Å². The van der Waals surface area contributed by atoms with E-state index >= 15 is 0 Å². The van der Waals surface area contributed by atoms with Gasteiger partial charge in [0.1, 0.15) is 0 Å². The van der Waals surface area contributed by atoms with E-state index in [1.165, 1.54) is 25.7 Å². The first-order chi connectivity index (χ1) is 9.35. The molecule has 5 aliphatic rings. The summed E-state index contributed by atoms with van der Waals surface area (Å²) in [5.41, 5.74) is 1.67. The molecule has 0 aromatic carbocycles. The molecule has 0 nitrogen and oxygen atoms in total. The van der Waals surface area contributed by atoms with Crippen LogP contribution in [-0.2, 0) is 0 Å². The number of hydrogen-bond acceptors (Lipinski definition) is 0. The van der Waals surface area contributed by atoms with Crippen LogP contribution in [0.2, 0.25) is 0 Å². The fourth-order valence-electron chi connectivity index (χ4n) is 4.96. The molecule has 0 aromatic rings. The molecule has 5 rings (SSSR count). The molecule has 0 aromatic heterocycles. The number of fused-ring (bicyclic) bond motifs is 7. The molecule has 0 heteroatoms. The summed E-state index contributed by atoms with van der Waals surface area (Å²) in [4.78, 5) is 0. The van der Waals surface area contributed by atoms with Crippen LogP contribution in [0.1, 0.15) is 32.6 Å². The monoisotopic (exact) mass is 252 g/mol. The van der Waals surface area contributed by atoms with Gasteiger partial charge in [0.15, 0.2) is 0 Å². The standard InChI is InChI=1S/C10H12.C9H12/c1-2-9-7-4-5-8(6-7)10(9)3-1;1-2-8-5-7-3-4-9(8)6-7/h1-2,4-5,7-10H,3,6H2;2-4,7,9H,5-6H2,1H3/b;8-2-. The van der Waals surface area contributed by atoms with Crippen LogP contribution in [0.25, 0.3) is 0 Å². The van der Waals surface area contributed by atoms with Crippen LogP contribution in [-0.4, -0.2) is 0 Å². The van der Waals surface area contributed by atoms with E-state index in [0.29, 0.717) is 0 Å². The molecule has 0 radical (unpaired) electrons. The highest BCUT2D eigenvalue weighted by atomic mass is 14.5. The first kappa shape index (κ1) is 11.8. The Labute approximate surface area is 117 Å². The van der Waals surface area contributed by atoms with Crippen LogP contribution in [0.15, 0.2) is 48.1 Å². The highest BCUT2D eigenvalue weighted by Gasteiger charge is 2.44. The third-order valence-corrected chi connectivity index (χ3v) is 5.97. The molecule has 0 heterocycles. The molecule has 2 saturated carbocycles. The maximum atomic E-state index is 2.44. The van der Waals surface area contributed by atoms with E-state index in [1.54, 1.807) is 5.57 Å². The van der Waals surface area contributed by atoms with Crippen molar-refractivity contribution >= 4 is 0 Å². The van der Waals surface area contributed by atoms with E-state index in [0.717, 1.165) is 35.5 Å². The highest BCUT2D eigenvalue weighted by molar-refractivity contribution is 5.26. The average Bonchev–Trinajstić information content (AvgIpc) is 3.21. The SMILES string of the molecule is C/C=C1/CC2C=CC1C2.C1=CC2C3C=CC(C3)C2C1. The summed E-state index contributed by atoms with van der Waals surface area (Å²) in [7, 11) is 0. The lowest BCUT2D eigenvalue weighted by Gasteiger charge is -2.18. The topological polar surface area (TPSA) is 0 Å². The van der Waals surface area contributed by atoms with Gasteiger partial charge in [0, 0.05) is 0 Å². The minimum atomic E-state index is 0.833. The molecule has 5 aliphatic carbocycles. The van der Waals surface area contributed by atoms with Gasteiger partial charge in [-0.1, -0.05) is 48.1 Å². The minimum Gasteiger partial charge on any atom is -0.0879 e. The van der Waals surface area contributed by atoms with Crippen molar-refractivity contribution < 1.29 is 0 Å². The first-order valence-electron chi connectivity index (χ1n) is 8.03. The molecule has 0 spiro atoms. The molecule has 6 unspecified atom stereocenters. The zero-order valence-electron chi connectivity index (χ0n) is 11.8. The Balaban J connectivity index is 0.000000103. The third-order valence-electron chi connectivity index (χ3n) is 5.97. The molecule has 0 saturated heterocycles. The lowest BCUT2D eigenvalue weighted by Crippen LogP contribution is -2.12. The predicted molar refractivity (Wildman–Crippen MR) is 80.6 cm³/mol. The maximum absolute atomic E-state index is 2.44. The molecule has 6 atom stereocenters. The number of hydrogen-bond donors (Lipinski definition) is 0. The zero-order chi connectivity index (χ0) is 12.8. The van der Waals surface area contributed by atoms with Gasteiger partial charge in [-0.2, -0.15) is 0 Å². The van der Waals surface area contributed by atoms with Crippen molar-refractivity contribution in [1.82, 2.24) is 0 Å². The van der Waals surface area contributed by atoms with Crippen molar-refractivity contribution in [1.29, 1.82) is 0 Å². The Morgan fingerprint density at radius 2 is 1.89 bits per heavy atom. The molecular weight excluding hydrogens is 228 g/mol. The van der Waals surface area contributed by atoms with Crippen molar-refractivity contribution in [2.75, 3.05) is 0 Å². The molecule has 19 heavy (non-hydrogen) atoms. The highest BCUT2D eigenvalue weighted by Crippen LogP contribution is 2.52. The molecule has 0 N–H and O–H groups in total. The first-order valence-corrected chi connectivity index (χ1v) is 8.03. The minimum absolute atomic E-state index is 0.833. The Bertz CT molecular complexity index is 476. The summed E-state index contributed by atoms with van der Waals surface area (Å²) in [5, 5.41) is 0. The van der Waals surface area contributed by atoms with Gasteiger partial charge in [-0.25, -0.2) is 0 Å². The van der Waals surface area contributed by atoms with Gasteiger partial charge in [-0.3, -0.25) is 0 Å². The van der Waals surface area contributed by atoms with Gasteiger partial charge in [0.25, 0.3) is 0 Å². The van der Waals surface area contributed by atoms with Crippen molar-refractivity contribution in [3.8, 4) is 0 Å². The molecule has 100 valence electrons. The maximum Gasteiger partial charge on any atom is -0.00174 e. The molecule has 2 fully saturated rings. The third kappa shape index (κ3) is 1.88. The molecule has 0 aliphatic heterocycles. The van der Waals surface area contributed by atoms with Crippen molar-refractivity contribution in [3.05, 3.63) is 48.1 Å². The van der Waals surface area contributed by atoms with Gasteiger partial charge >= 0.3 is 0 Å². The second kappa shape index (κ2) is 4.51. The van der Waals surface area contributed by atoms with E-state index < -0.39 is 0 Å². The van der Waals surface area contributed by atoms with Crippen LogP contribution >= 0.6 is 0 Å².